The summed E-state index contributed by atoms with van der Waals surface area (Å²) in [7, 11) is 1.38. The topological polar surface area (TPSA) is 46.6 Å². The number of likely N-dealkylation sites (tertiary alicyclic amines) is 1. The smallest absolute Gasteiger partial charge is 0.310 e. The van der Waals surface area contributed by atoms with Crippen LogP contribution < -0.4 is 0 Å². The van der Waals surface area contributed by atoms with Crippen LogP contribution in [0.15, 0.2) is 30.3 Å². The zero-order chi connectivity index (χ0) is 14.5. The number of esters is 1. The van der Waals surface area contributed by atoms with Gasteiger partial charge in [-0.15, -0.1) is 0 Å². The third kappa shape index (κ3) is 3.25. The molecular weight excluding hydrogens is 254 g/mol. The van der Waals surface area contributed by atoms with Crippen molar-refractivity contribution >= 4 is 11.8 Å². The van der Waals surface area contributed by atoms with Crippen molar-refractivity contribution in [2.45, 2.75) is 19.9 Å². The van der Waals surface area contributed by atoms with Crippen molar-refractivity contribution in [2.24, 2.45) is 11.8 Å². The Morgan fingerprint density at radius 3 is 2.45 bits per heavy atom. The molecule has 0 N–H and O–H groups in total. The molecule has 2 rings (SSSR count). The maximum absolute atomic E-state index is 12.0. The molecule has 20 heavy (non-hydrogen) atoms. The predicted molar refractivity (Wildman–Crippen MR) is 76.0 cm³/mol. The molecule has 0 unspecified atom stereocenters. The van der Waals surface area contributed by atoms with Crippen molar-refractivity contribution in [1.82, 2.24) is 4.90 Å². The first-order valence-corrected chi connectivity index (χ1v) is 7.02. The minimum Gasteiger partial charge on any atom is -0.469 e. The molecule has 1 aromatic rings. The Hall–Kier alpha value is -1.68. The number of Topliss-reactive ketones (excluding diaryl/α,β-unsaturated/α-hetero) is 1. The van der Waals surface area contributed by atoms with Crippen molar-refractivity contribution in [3.05, 3.63) is 35.9 Å². The van der Waals surface area contributed by atoms with Crippen LogP contribution in [-0.4, -0.2) is 36.9 Å². The quantitative estimate of drug-likeness (QED) is 0.770. The standard InChI is InChI=1S/C16H21NO3/c1-3-15(18)13-10-17(11-14(13)16(19)20-2)9-12-7-5-4-6-8-12/h4-8,13-14H,3,9-11H2,1-2H3/t13-,14+/m0/s1. The van der Waals surface area contributed by atoms with Crippen LogP contribution in [0.5, 0.6) is 0 Å². The lowest BCUT2D eigenvalue weighted by molar-refractivity contribution is -0.148. The number of carbonyl (C=O) groups is 2. The van der Waals surface area contributed by atoms with Crippen LogP contribution in [0.2, 0.25) is 0 Å². The van der Waals surface area contributed by atoms with Crippen LogP contribution in [0.4, 0.5) is 0 Å². The van der Waals surface area contributed by atoms with E-state index in [0.29, 0.717) is 19.5 Å². The summed E-state index contributed by atoms with van der Waals surface area (Å²) in [6, 6.07) is 10.1. The van der Waals surface area contributed by atoms with Crippen LogP contribution in [-0.2, 0) is 20.9 Å². The lowest BCUT2D eigenvalue weighted by Gasteiger charge is -2.15. The van der Waals surface area contributed by atoms with E-state index < -0.39 is 0 Å². The van der Waals surface area contributed by atoms with E-state index in [2.05, 4.69) is 17.0 Å². The summed E-state index contributed by atoms with van der Waals surface area (Å²) in [5, 5.41) is 0. The Bertz CT molecular complexity index is 448. The summed E-state index contributed by atoms with van der Waals surface area (Å²) >= 11 is 0. The van der Waals surface area contributed by atoms with E-state index in [1.807, 2.05) is 25.1 Å². The van der Waals surface area contributed by atoms with Crippen LogP contribution in [0.1, 0.15) is 18.9 Å². The first-order valence-electron chi connectivity index (χ1n) is 7.02. The van der Waals surface area contributed by atoms with E-state index in [-0.39, 0.29) is 23.6 Å². The van der Waals surface area contributed by atoms with Crippen molar-refractivity contribution < 1.29 is 14.3 Å². The number of rotatable bonds is 5. The van der Waals surface area contributed by atoms with E-state index >= 15 is 0 Å². The SMILES string of the molecule is CCC(=O)[C@H]1CN(Cc2ccccc2)C[C@H]1C(=O)OC. The van der Waals surface area contributed by atoms with Gasteiger partial charge in [-0.25, -0.2) is 0 Å². The molecule has 1 heterocycles. The fourth-order valence-electron chi connectivity index (χ4n) is 2.83. The number of methoxy groups -OCH3 is 1. The Balaban J connectivity index is 2.07. The molecule has 1 aliphatic rings. The van der Waals surface area contributed by atoms with Crippen molar-refractivity contribution in [3.8, 4) is 0 Å². The van der Waals surface area contributed by atoms with E-state index in [0.717, 1.165) is 6.54 Å². The number of ketones is 1. The lowest BCUT2D eigenvalue weighted by atomic mass is 9.91. The largest absolute Gasteiger partial charge is 0.469 e. The third-order valence-electron chi connectivity index (χ3n) is 3.91. The van der Waals surface area contributed by atoms with Gasteiger partial charge in [-0.1, -0.05) is 37.3 Å². The molecule has 0 aromatic heterocycles. The number of carbonyl (C=O) groups excluding carboxylic acids is 2. The Morgan fingerprint density at radius 1 is 1.20 bits per heavy atom. The molecule has 108 valence electrons. The molecule has 2 atom stereocenters. The molecule has 4 heteroatoms. The van der Waals surface area contributed by atoms with Crippen LogP contribution >= 0.6 is 0 Å². The first-order chi connectivity index (χ1) is 9.65. The highest BCUT2D eigenvalue weighted by atomic mass is 16.5. The van der Waals surface area contributed by atoms with Crippen LogP contribution in [0.25, 0.3) is 0 Å². The number of nitrogens with zero attached hydrogens (tertiary/aromatic N) is 1. The summed E-state index contributed by atoms with van der Waals surface area (Å²) in [5.41, 5.74) is 1.20. The molecule has 4 nitrogen and oxygen atoms in total. The Morgan fingerprint density at radius 2 is 1.85 bits per heavy atom. The van der Waals surface area contributed by atoms with Gasteiger partial charge < -0.3 is 4.74 Å². The molecule has 1 aromatic carbocycles. The summed E-state index contributed by atoms with van der Waals surface area (Å²) in [4.78, 5) is 26.0. The molecule has 0 aliphatic carbocycles. The summed E-state index contributed by atoms with van der Waals surface area (Å²) in [5.74, 6) is -0.671. The van der Waals surface area contributed by atoms with Crippen molar-refractivity contribution in [1.29, 1.82) is 0 Å². The Labute approximate surface area is 119 Å². The molecule has 1 fully saturated rings. The van der Waals surface area contributed by atoms with Crippen molar-refractivity contribution in [2.75, 3.05) is 20.2 Å². The second kappa shape index (κ2) is 6.66. The van der Waals surface area contributed by atoms with Gasteiger partial charge in [0.05, 0.1) is 13.0 Å². The molecule has 1 aliphatic heterocycles. The minimum absolute atomic E-state index is 0.149. The number of benzene rings is 1. The molecule has 0 radical (unpaired) electrons. The highest BCUT2D eigenvalue weighted by molar-refractivity contribution is 5.87. The van der Waals surface area contributed by atoms with E-state index in [1.165, 1.54) is 12.7 Å². The second-order valence-electron chi connectivity index (χ2n) is 5.24. The number of hydrogen-bond donors (Lipinski definition) is 0. The normalized spacial score (nSPS) is 22.7. The fourth-order valence-corrected chi connectivity index (χ4v) is 2.83. The van der Waals surface area contributed by atoms with Crippen LogP contribution in [0.3, 0.4) is 0 Å². The average molecular weight is 275 g/mol. The van der Waals surface area contributed by atoms with Crippen molar-refractivity contribution in [3.63, 3.8) is 0 Å². The van der Waals surface area contributed by atoms with Gasteiger partial charge in [0, 0.05) is 32.0 Å². The highest BCUT2D eigenvalue weighted by Gasteiger charge is 2.41. The molecule has 0 bridgehead atoms. The Kier molecular flexibility index (Phi) is 4.90. The third-order valence-corrected chi connectivity index (χ3v) is 3.91. The summed E-state index contributed by atoms with van der Waals surface area (Å²) < 4.78 is 4.84. The number of ether oxygens (including phenoxy) is 1. The first kappa shape index (κ1) is 14.7. The average Bonchev–Trinajstić information content (AvgIpc) is 2.90. The lowest BCUT2D eigenvalue weighted by Crippen LogP contribution is -2.29. The van der Waals surface area contributed by atoms with Gasteiger partial charge >= 0.3 is 5.97 Å². The molecular formula is C16H21NO3. The van der Waals surface area contributed by atoms with Gasteiger partial charge in [-0.05, 0) is 5.56 Å². The molecule has 0 amide bonds. The fraction of sp³-hybridized carbons (Fsp3) is 0.500. The monoisotopic (exact) mass is 275 g/mol. The molecule has 1 saturated heterocycles. The van der Waals surface area contributed by atoms with Gasteiger partial charge in [0.25, 0.3) is 0 Å². The number of hydrogen-bond acceptors (Lipinski definition) is 4. The van der Waals surface area contributed by atoms with E-state index in [1.54, 1.807) is 0 Å². The maximum atomic E-state index is 12.0. The summed E-state index contributed by atoms with van der Waals surface area (Å²) in [6.07, 6.45) is 0.470. The second-order valence-corrected chi connectivity index (χ2v) is 5.24. The van der Waals surface area contributed by atoms with Gasteiger partial charge in [-0.2, -0.15) is 0 Å². The zero-order valence-corrected chi connectivity index (χ0v) is 12.0. The van der Waals surface area contributed by atoms with E-state index in [9.17, 15) is 9.59 Å². The minimum atomic E-state index is -0.323. The highest BCUT2D eigenvalue weighted by Crippen LogP contribution is 2.27. The maximum Gasteiger partial charge on any atom is 0.310 e. The van der Waals surface area contributed by atoms with Gasteiger partial charge in [0.1, 0.15) is 5.78 Å². The van der Waals surface area contributed by atoms with Gasteiger partial charge in [0.2, 0.25) is 0 Å². The van der Waals surface area contributed by atoms with Gasteiger partial charge in [0.15, 0.2) is 0 Å². The summed E-state index contributed by atoms with van der Waals surface area (Å²) in [6.45, 7) is 3.84. The van der Waals surface area contributed by atoms with E-state index in [4.69, 9.17) is 4.74 Å². The molecule has 0 spiro atoms. The zero-order valence-electron chi connectivity index (χ0n) is 12.0. The predicted octanol–water partition coefficient (Wildman–Crippen LogP) is 1.89. The van der Waals surface area contributed by atoms with Gasteiger partial charge in [-0.3, -0.25) is 14.5 Å². The molecule has 0 saturated carbocycles. The van der Waals surface area contributed by atoms with Crippen LogP contribution in [0, 0.1) is 11.8 Å².